The molecule has 10 heavy (non-hydrogen) atoms. The zero-order chi connectivity index (χ0) is 6.10. The summed E-state index contributed by atoms with van der Waals surface area (Å²) in [6, 6.07) is 11.2. The lowest BCUT2D eigenvalue weighted by Gasteiger charge is -1.91. The van der Waals surface area contributed by atoms with Gasteiger partial charge in [0.05, 0.1) is 0 Å². The molecule has 0 aliphatic carbocycles. The van der Waals surface area contributed by atoms with Crippen LogP contribution in [0.3, 0.4) is 0 Å². The molecule has 2 rings (SSSR count). The molecule has 1 aliphatic rings. The van der Waals surface area contributed by atoms with E-state index in [4.69, 9.17) is 0 Å². The topological polar surface area (TPSA) is 21.9 Å². The van der Waals surface area contributed by atoms with Crippen LogP contribution in [0, 0.1) is 0 Å². The first-order valence-electron chi connectivity index (χ1n) is 3.25. The van der Waals surface area contributed by atoms with Gasteiger partial charge in [-0.15, -0.1) is 0 Å². The van der Waals surface area contributed by atoms with E-state index in [-0.39, 0.29) is 8.41 Å². The SMILES string of the molecule is [B].c1ccc(C2CN2)cc1. The molecule has 0 spiro atoms. The molecule has 3 radical (unpaired) electrons. The Kier molecular flexibility index (Phi) is 2.12. The molecule has 1 aliphatic heterocycles. The average molecular weight is 130 g/mol. The number of hydrogen-bond donors (Lipinski definition) is 1. The van der Waals surface area contributed by atoms with Crippen molar-refractivity contribution < 1.29 is 0 Å². The second-order valence-corrected chi connectivity index (χ2v) is 2.37. The van der Waals surface area contributed by atoms with Crippen molar-refractivity contribution in [2.45, 2.75) is 6.04 Å². The van der Waals surface area contributed by atoms with Gasteiger partial charge in [-0.25, -0.2) is 0 Å². The van der Waals surface area contributed by atoms with E-state index in [0.29, 0.717) is 6.04 Å². The molecule has 1 saturated heterocycles. The van der Waals surface area contributed by atoms with Gasteiger partial charge in [-0.1, -0.05) is 30.3 Å². The molecule has 1 heterocycles. The quantitative estimate of drug-likeness (QED) is 0.443. The van der Waals surface area contributed by atoms with Crippen molar-refractivity contribution in [1.29, 1.82) is 0 Å². The monoisotopic (exact) mass is 130 g/mol. The van der Waals surface area contributed by atoms with Crippen LogP contribution >= 0.6 is 0 Å². The minimum atomic E-state index is 0. The normalized spacial score (nSPS) is 21.4. The Morgan fingerprint density at radius 1 is 1.20 bits per heavy atom. The van der Waals surface area contributed by atoms with E-state index in [1.54, 1.807) is 0 Å². The van der Waals surface area contributed by atoms with Crippen LogP contribution in [-0.2, 0) is 0 Å². The van der Waals surface area contributed by atoms with Crippen molar-refractivity contribution in [3.8, 4) is 0 Å². The van der Waals surface area contributed by atoms with Crippen LogP contribution in [0.4, 0.5) is 0 Å². The Morgan fingerprint density at radius 3 is 2.30 bits per heavy atom. The second kappa shape index (κ2) is 2.89. The van der Waals surface area contributed by atoms with E-state index in [0.717, 1.165) is 6.54 Å². The van der Waals surface area contributed by atoms with Gasteiger partial charge in [0.2, 0.25) is 0 Å². The summed E-state index contributed by atoms with van der Waals surface area (Å²) in [5, 5.41) is 3.25. The third-order valence-corrected chi connectivity index (χ3v) is 1.61. The maximum absolute atomic E-state index is 3.25. The maximum Gasteiger partial charge on any atom is 0.0447 e. The fourth-order valence-corrected chi connectivity index (χ4v) is 0.980. The Morgan fingerprint density at radius 2 is 1.80 bits per heavy atom. The van der Waals surface area contributed by atoms with Gasteiger partial charge in [-0.2, -0.15) is 0 Å². The molecular formula is C8H9BN. The van der Waals surface area contributed by atoms with Crippen LogP contribution in [0.15, 0.2) is 30.3 Å². The Labute approximate surface area is 63.0 Å². The standard InChI is InChI=1S/C8H9N.B/c1-2-4-7(5-3-1)8-6-9-8;/h1-5,8-9H,6H2;. The molecule has 0 bridgehead atoms. The smallest absolute Gasteiger partial charge is 0.0447 e. The maximum atomic E-state index is 3.25. The van der Waals surface area contributed by atoms with Gasteiger partial charge in [0, 0.05) is 21.0 Å². The van der Waals surface area contributed by atoms with Gasteiger partial charge in [0.25, 0.3) is 0 Å². The fourth-order valence-electron chi connectivity index (χ4n) is 0.980. The Bertz CT molecular complexity index is 194. The predicted octanol–water partition coefficient (Wildman–Crippen LogP) is 0.950. The minimum Gasteiger partial charge on any atom is -0.307 e. The summed E-state index contributed by atoms with van der Waals surface area (Å²) in [6.45, 7) is 1.16. The second-order valence-electron chi connectivity index (χ2n) is 2.37. The van der Waals surface area contributed by atoms with Crippen molar-refractivity contribution in [3.05, 3.63) is 35.9 Å². The molecule has 0 saturated carbocycles. The fraction of sp³-hybridized carbons (Fsp3) is 0.250. The van der Waals surface area contributed by atoms with E-state index in [1.165, 1.54) is 5.56 Å². The molecule has 0 aromatic heterocycles. The summed E-state index contributed by atoms with van der Waals surface area (Å²) in [4.78, 5) is 0. The first kappa shape index (κ1) is 7.35. The number of benzene rings is 1. The van der Waals surface area contributed by atoms with Crippen LogP contribution in [0.25, 0.3) is 0 Å². The molecular weight excluding hydrogens is 121 g/mol. The van der Waals surface area contributed by atoms with Crippen LogP contribution in [0.5, 0.6) is 0 Å². The number of hydrogen-bond acceptors (Lipinski definition) is 1. The molecule has 1 aromatic carbocycles. The third kappa shape index (κ3) is 1.39. The van der Waals surface area contributed by atoms with Crippen molar-refractivity contribution in [1.82, 2.24) is 5.32 Å². The van der Waals surface area contributed by atoms with E-state index in [1.807, 2.05) is 6.07 Å². The molecule has 1 N–H and O–H groups in total. The highest BCUT2D eigenvalue weighted by atomic mass is 15.1. The predicted molar refractivity (Wildman–Crippen MR) is 42.9 cm³/mol. The molecule has 1 aromatic rings. The van der Waals surface area contributed by atoms with Crippen molar-refractivity contribution in [3.63, 3.8) is 0 Å². The van der Waals surface area contributed by atoms with Crippen molar-refractivity contribution in [2.24, 2.45) is 0 Å². The highest BCUT2D eigenvalue weighted by molar-refractivity contribution is 5.75. The summed E-state index contributed by atoms with van der Waals surface area (Å²) in [7, 11) is 0. The summed E-state index contributed by atoms with van der Waals surface area (Å²) < 4.78 is 0. The zero-order valence-corrected chi connectivity index (χ0v) is 5.75. The van der Waals surface area contributed by atoms with Gasteiger partial charge in [-0.05, 0) is 5.56 Å². The summed E-state index contributed by atoms with van der Waals surface area (Å²) >= 11 is 0. The molecule has 1 fully saturated rings. The Hall–Kier alpha value is -0.755. The molecule has 1 nitrogen and oxygen atoms in total. The lowest BCUT2D eigenvalue weighted by atomic mass is 10.2. The lowest BCUT2D eigenvalue weighted by Crippen LogP contribution is -1.80. The first-order chi connectivity index (χ1) is 4.47. The molecule has 1 atom stereocenters. The summed E-state index contributed by atoms with van der Waals surface area (Å²) in [5.41, 5.74) is 1.41. The molecule has 0 amide bonds. The number of nitrogens with one attached hydrogen (secondary N) is 1. The number of rotatable bonds is 1. The van der Waals surface area contributed by atoms with Gasteiger partial charge >= 0.3 is 0 Å². The minimum absolute atomic E-state index is 0. The van der Waals surface area contributed by atoms with Crippen molar-refractivity contribution >= 4 is 8.41 Å². The summed E-state index contributed by atoms with van der Waals surface area (Å²) in [6.07, 6.45) is 0. The van der Waals surface area contributed by atoms with Crippen LogP contribution in [0.1, 0.15) is 11.6 Å². The van der Waals surface area contributed by atoms with Gasteiger partial charge < -0.3 is 5.32 Å². The lowest BCUT2D eigenvalue weighted by molar-refractivity contribution is 1.08. The third-order valence-electron chi connectivity index (χ3n) is 1.61. The van der Waals surface area contributed by atoms with Crippen LogP contribution < -0.4 is 5.32 Å². The molecule has 49 valence electrons. The average Bonchev–Trinajstić information content (AvgIpc) is 2.71. The zero-order valence-electron chi connectivity index (χ0n) is 5.75. The van der Waals surface area contributed by atoms with Gasteiger partial charge in [0.1, 0.15) is 0 Å². The first-order valence-corrected chi connectivity index (χ1v) is 3.25. The highest BCUT2D eigenvalue weighted by Crippen LogP contribution is 2.19. The van der Waals surface area contributed by atoms with E-state index >= 15 is 0 Å². The molecule has 2 heteroatoms. The molecule has 1 unspecified atom stereocenters. The van der Waals surface area contributed by atoms with Crippen LogP contribution in [-0.4, -0.2) is 15.0 Å². The van der Waals surface area contributed by atoms with E-state index in [2.05, 4.69) is 29.6 Å². The van der Waals surface area contributed by atoms with Gasteiger partial charge in [0.15, 0.2) is 0 Å². The van der Waals surface area contributed by atoms with Crippen LogP contribution in [0.2, 0.25) is 0 Å². The Balaban J connectivity index is 0.000000500. The van der Waals surface area contributed by atoms with E-state index in [9.17, 15) is 0 Å². The van der Waals surface area contributed by atoms with Gasteiger partial charge in [-0.3, -0.25) is 0 Å². The summed E-state index contributed by atoms with van der Waals surface area (Å²) in [5.74, 6) is 0. The highest BCUT2D eigenvalue weighted by Gasteiger charge is 2.20. The van der Waals surface area contributed by atoms with E-state index < -0.39 is 0 Å². The van der Waals surface area contributed by atoms with Crippen molar-refractivity contribution in [2.75, 3.05) is 6.54 Å². The largest absolute Gasteiger partial charge is 0.307 e.